The molecule has 92 valence electrons. The monoisotopic (exact) mass is 224 g/mol. The summed E-state index contributed by atoms with van der Waals surface area (Å²) >= 11 is 0. The minimum atomic E-state index is 0.485. The Bertz CT molecular complexity index is 295. The van der Waals surface area contributed by atoms with Crippen molar-refractivity contribution in [2.45, 2.75) is 34.6 Å². The number of rotatable bonds is 1. The molecule has 1 aromatic carbocycles. The molecule has 4 heteroatoms. The van der Waals surface area contributed by atoms with Crippen LogP contribution in [0, 0.1) is 6.92 Å². The number of hydrogen-bond acceptors (Lipinski definition) is 3. The third-order valence-electron chi connectivity index (χ3n) is 1.56. The number of nitrogens with zero attached hydrogens (tertiary/aromatic N) is 1. The molecule has 1 aromatic rings. The molecule has 0 fully saturated rings. The Morgan fingerprint density at radius 2 is 1.75 bits per heavy atom. The maximum atomic E-state index is 5.20. The summed E-state index contributed by atoms with van der Waals surface area (Å²) in [5.74, 6) is 10.8. The van der Waals surface area contributed by atoms with Crippen LogP contribution in [0.2, 0.25) is 0 Å². The number of hydrogen-bond donors (Lipinski definition) is 3. The number of nitrogens with two attached hydrogens (primary N) is 2. The first-order valence-corrected chi connectivity index (χ1v) is 5.59. The van der Waals surface area contributed by atoms with Crippen molar-refractivity contribution in [1.82, 2.24) is 5.43 Å². The molecule has 0 heterocycles. The zero-order valence-electron chi connectivity index (χ0n) is 10.9. The van der Waals surface area contributed by atoms with Crippen LogP contribution in [-0.2, 0) is 0 Å². The molecular weight excluding hydrogens is 200 g/mol. The van der Waals surface area contributed by atoms with E-state index in [4.69, 9.17) is 11.7 Å². The summed E-state index contributed by atoms with van der Waals surface area (Å²) in [7, 11) is 0. The van der Waals surface area contributed by atoms with Crippen LogP contribution < -0.4 is 17.1 Å². The first-order chi connectivity index (χ1) is 7.77. The third kappa shape index (κ3) is 6.03. The Kier molecular flexibility index (Phi) is 12.1. The summed E-state index contributed by atoms with van der Waals surface area (Å²) in [5, 5.41) is 3.50. The van der Waals surface area contributed by atoms with E-state index in [1.165, 1.54) is 0 Å². The molecule has 0 atom stereocenters. The molecule has 0 radical (unpaired) electrons. The Labute approximate surface area is 98.7 Å². The number of amidine groups is 1. The van der Waals surface area contributed by atoms with E-state index in [0.29, 0.717) is 5.84 Å². The van der Waals surface area contributed by atoms with Gasteiger partial charge in [-0.05, 0) is 13.0 Å². The predicted octanol–water partition coefficient (Wildman–Crippen LogP) is 2.13. The van der Waals surface area contributed by atoms with Gasteiger partial charge in [0.25, 0.3) is 0 Å². The standard InChI is InChI=1S/C8H12N4.2C2H6/c1-6-3-2-4-7(5-6)8(11-9)12-10;2*1-2/h2-5H,9-10H2,1H3,(H,11,12);2*1-2H3. The lowest BCUT2D eigenvalue weighted by Gasteiger charge is -2.03. The van der Waals surface area contributed by atoms with Gasteiger partial charge in [-0.25, -0.2) is 5.84 Å². The quantitative estimate of drug-likeness (QED) is 0.296. The van der Waals surface area contributed by atoms with Crippen molar-refractivity contribution in [3.05, 3.63) is 35.4 Å². The van der Waals surface area contributed by atoms with Crippen molar-refractivity contribution in [1.29, 1.82) is 0 Å². The van der Waals surface area contributed by atoms with Gasteiger partial charge in [-0.2, -0.15) is 5.10 Å². The molecule has 4 nitrogen and oxygen atoms in total. The highest BCUT2D eigenvalue weighted by Crippen LogP contribution is 2.03. The summed E-state index contributed by atoms with van der Waals surface area (Å²) in [5.41, 5.74) is 4.45. The van der Waals surface area contributed by atoms with Crippen LogP contribution in [0.4, 0.5) is 0 Å². The summed E-state index contributed by atoms with van der Waals surface area (Å²) in [6, 6.07) is 7.76. The largest absolute Gasteiger partial charge is 0.321 e. The molecule has 0 saturated carbocycles. The van der Waals surface area contributed by atoms with Crippen molar-refractivity contribution in [3.63, 3.8) is 0 Å². The maximum Gasteiger partial charge on any atom is 0.166 e. The van der Waals surface area contributed by atoms with Gasteiger partial charge in [-0.15, -0.1) is 0 Å². The summed E-state index contributed by atoms with van der Waals surface area (Å²) in [6.45, 7) is 9.99. The minimum absolute atomic E-state index is 0.485. The minimum Gasteiger partial charge on any atom is -0.321 e. The Morgan fingerprint density at radius 3 is 2.12 bits per heavy atom. The lowest BCUT2D eigenvalue weighted by atomic mass is 10.1. The van der Waals surface area contributed by atoms with Gasteiger partial charge in [0.1, 0.15) is 0 Å². The molecule has 0 spiro atoms. The molecule has 0 amide bonds. The van der Waals surface area contributed by atoms with Crippen LogP contribution in [0.15, 0.2) is 29.4 Å². The third-order valence-corrected chi connectivity index (χ3v) is 1.56. The molecule has 0 aliphatic heterocycles. The zero-order valence-corrected chi connectivity index (χ0v) is 10.9. The fourth-order valence-electron chi connectivity index (χ4n) is 0.987. The summed E-state index contributed by atoms with van der Waals surface area (Å²) < 4.78 is 0. The van der Waals surface area contributed by atoms with Crippen LogP contribution in [0.25, 0.3) is 0 Å². The van der Waals surface area contributed by atoms with Gasteiger partial charge in [0.15, 0.2) is 5.84 Å². The van der Waals surface area contributed by atoms with E-state index in [1.807, 2.05) is 58.9 Å². The van der Waals surface area contributed by atoms with Crippen LogP contribution >= 0.6 is 0 Å². The Morgan fingerprint density at radius 1 is 1.19 bits per heavy atom. The van der Waals surface area contributed by atoms with Crippen LogP contribution in [0.3, 0.4) is 0 Å². The molecule has 0 bridgehead atoms. The Balaban J connectivity index is 0. The summed E-state index contributed by atoms with van der Waals surface area (Å²) in [6.07, 6.45) is 0. The van der Waals surface area contributed by atoms with Crippen molar-refractivity contribution >= 4 is 5.84 Å². The lowest BCUT2D eigenvalue weighted by Crippen LogP contribution is -2.32. The van der Waals surface area contributed by atoms with Gasteiger partial charge in [-0.1, -0.05) is 51.5 Å². The zero-order chi connectivity index (χ0) is 13.0. The number of hydrazine groups is 1. The molecule has 5 N–H and O–H groups in total. The second-order valence-corrected chi connectivity index (χ2v) is 2.49. The molecule has 0 aliphatic rings. The van der Waals surface area contributed by atoms with Gasteiger partial charge >= 0.3 is 0 Å². The Hall–Kier alpha value is -1.55. The van der Waals surface area contributed by atoms with Gasteiger partial charge in [-0.3, -0.25) is 0 Å². The highest BCUT2D eigenvalue weighted by molar-refractivity contribution is 5.98. The van der Waals surface area contributed by atoms with E-state index in [1.54, 1.807) is 0 Å². The van der Waals surface area contributed by atoms with Gasteiger partial charge < -0.3 is 11.3 Å². The molecule has 0 aromatic heterocycles. The first-order valence-electron chi connectivity index (χ1n) is 5.59. The predicted molar refractivity (Wildman–Crippen MR) is 71.9 cm³/mol. The molecule has 0 saturated heterocycles. The normalized spacial score (nSPS) is 9.25. The second-order valence-electron chi connectivity index (χ2n) is 2.49. The molecule has 0 unspecified atom stereocenters. The molecule has 16 heavy (non-hydrogen) atoms. The average Bonchev–Trinajstić information content (AvgIpc) is 2.36. The van der Waals surface area contributed by atoms with E-state index < -0.39 is 0 Å². The molecule has 0 aliphatic carbocycles. The maximum absolute atomic E-state index is 5.20. The van der Waals surface area contributed by atoms with E-state index >= 15 is 0 Å². The van der Waals surface area contributed by atoms with E-state index in [-0.39, 0.29) is 0 Å². The van der Waals surface area contributed by atoms with Crippen LogP contribution in [0.1, 0.15) is 38.8 Å². The SMILES string of the molecule is CC.CC.Cc1cccc(/C(=N/N)NN)c1. The summed E-state index contributed by atoms with van der Waals surface area (Å²) in [4.78, 5) is 0. The van der Waals surface area contributed by atoms with Gasteiger partial charge in [0.05, 0.1) is 0 Å². The van der Waals surface area contributed by atoms with Crippen molar-refractivity contribution in [2.75, 3.05) is 0 Å². The van der Waals surface area contributed by atoms with Gasteiger partial charge in [0.2, 0.25) is 0 Å². The number of hydrazone groups is 1. The number of nitrogens with one attached hydrogen (secondary N) is 1. The lowest BCUT2D eigenvalue weighted by molar-refractivity contribution is 1.00. The number of benzene rings is 1. The highest BCUT2D eigenvalue weighted by Gasteiger charge is 1.99. The number of aryl methyl sites for hydroxylation is 1. The smallest absolute Gasteiger partial charge is 0.166 e. The van der Waals surface area contributed by atoms with Crippen LogP contribution in [0.5, 0.6) is 0 Å². The average molecular weight is 224 g/mol. The van der Waals surface area contributed by atoms with Gasteiger partial charge in [0, 0.05) is 5.56 Å². The van der Waals surface area contributed by atoms with Crippen molar-refractivity contribution in [3.8, 4) is 0 Å². The van der Waals surface area contributed by atoms with Crippen molar-refractivity contribution in [2.24, 2.45) is 16.8 Å². The topological polar surface area (TPSA) is 76.4 Å². The highest BCUT2D eigenvalue weighted by atomic mass is 15.3. The fourth-order valence-corrected chi connectivity index (χ4v) is 0.987. The molecular formula is C12H24N4. The van der Waals surface area contributed by atoms with E-state index in [0.717, 1.165) is 11.1 Å². The molecule has 1 rings (SSSR count). The fraction of sp³-hybridized carbons (Fsp3) is 0.417. The van der Waals surface area contributed by atoms with E-state index in [2.05, 4.69) is 10.5 Å². The second kappa shape index (κ2) is 11.5. The van der Waals surface area contributed by atoms with E-state index in [9.17, 15) is 0 Å². The van der Waals surface area contributed by atoms with Crippen LogP contribution in [-0.4, -0.2) is 5.84 Å². The van der Waals surface area contributed by atoms with Crippen molar-refractivity contribution < 1.29 is 0 Å². The first kappa shape index (κ1) is 16.9.